The lowest BCUT2D eigenvalue weighted by atomic mass is 9.99. The molecule has 1 nitrogen and oxygen atoms in total. The first-order valence-electron chi connectivity index (χ1n) is 7.96. The first kappa shape index (κ1) is 14.6. The maximum atomic E-state index is 3.70. The van der Waals surface area contributed by atoms with Crippen LogP contribution in [-0.4, -0.2) is 6.04 Å². The van der Waals surface area contributed by atoms with Gasteiger partial charge in [0.15, 0.2) is 0 Å². The molecule has 0 saturated heterocycles. The third-order valence-electron chi connectivity index (χ3n) is 4.40. The summed E-state index contributed by atoms with van der Waals surface area (Å²) < 4.78 is 0. The molecule has 1 aromatic carbocycles. The molecule has 0 amide bonds. The first-order valence-corrected chi connectivity index (χ1v) is 7.96. The summed E-state index contributed by atoms with van der Waals surface area (Å²) in [4.78, 5) is 0. The number of hydrogen-bond acceptors (Lipinski definition) is 1. The van der Waals surface area contributed by atoms with Crippen molar-refractivity contribution in [3.63, 3.8) is 0 Å². The summed E-state index contributed by atoms with van der Waals surface area (Å²) in [5.74, 6) is 1.64. The lowest BCUT2D eigenvalue weighted by Crippen LogP contribution is -2.31. The second-order valence-corrected chi connectivity index (χ2v) is 6.63. The Kier molecular flexibility index (Phi) is 5.45. The Hall–Kier alpha value is -0.820. The molecule has 0 aliphatic heterocycles. The highest BCUT2D eigenvalue weighted by Crippen LogP contribution is 2.27. The van der Waals surface area contributed by atoms with Crippen molar-refractivity contribution in [3.8, 4) is 0 Å². The van der Waals surface area contributed by atoms with E-state index >= 15 is 0 Å². The van der Waals surface area contributed by atoms with Crippen LogP contribution in [0.5, 0.6) is 0 Å². The fourth-order valence-electron chi connectivity index (χ4n) is 3.17. The van der Waals surface area contributed by atoms with Crippen molar-refractivity contribution in [1.29, 1.82) is 0 Å². The maximum Gasteiger partial charge on any atom is 0.0208 e. The number of hydrogen-bond donors (Lipinski definition) is 1. The predicted molar refractivity (Wildman–Crippen MR) is 83.2 cm³/mol. The molecule has 1 aromatic rings. The van der Waals surface area contributed by atoms with Crippen LogP contribution in [0.3, 0.4) is 0 Å². The lowest BCUT2D eigenvalue weighted by molar-refractivity contribution is 0.380. The van der Waals surface area contributed by atoms with E-state index in [1.165, 1.54) is 43.2 Å². The second kappa shape index (κ2) is 7.09. The monoisotopic (exact) mass is 259 g/mol. The SMILES string of the molecule is CC(C)Cc1ccc(CN[C@H](C)C2CCCC2)cc1. The van der Waals surface area contributed by atoms with E-state index in [1.54, 1.807) is 0 Å². The maximum absolute atomic E-state index is 3.70. The van der Waals surface area contributed by atoms with Gasteiger partial charge in [-0.05, 0) is 49.1 Å². The molecule has 106 valence electrons. The van der Waals surface area contributed by atoms with E-state index in [9.17, 15) is 0 Å². The van der Waals surface area contributed by atoms with E-state index in [1.807, 2.05) is 0 Å². The van der Waals surface area contributed by atoms with E-state index in [4.69, 9.17) is 0 Å². The van der Waals surface area contributed by atoms with Crippen LogP contribution < -0.4 is 5.32 Å². The summed E-state index contributed by atoms with van der Waals surface area (Å²) in [5.41, 5.74) is 2.87. The predicted octanol–water partition coefficient (Wildman–Crippen LogP) is 4.55. The van der Waals surface area contributed by atoms with Gasteiger partial charge in [-0.2, -0.15) is 0 Å². The molecule has 2 rings (SSSR count). The Morgan fingerprint density at radius 2 is 1.58 bits per heavy atom. The normalized spacial score (nSPS) is 18.1. The summed E-state index contributed by atoms with van der Waals surface area (Å²) in [6.07, 6.45) is 6.89. The van der Waals surface area contributed by atoms with Gasteiger partial charge in [0.2, 0.25) is 0 Å². The van der Waals surface area contributed by atoms with Gasteiger partial charge in [-0.25, -0.2) is 0 Å². The lowest BCUT2D eigenvalue weighted by Gasteiger charge is -2.20. The van der Waals surface area contributed by atoms with Crippen LogP contribution in [0.4, 0.5) is 0 Å². The van der Waals surface area contributed by atoms with Gasteiger partial charge in [-0.1, -0.05) is 51.0 Å². The van der Waals surface area contributed by atoms with Gasteiger partial charge in [0.05, 0.1) is 0 Å². The van der Waals surface area contributed by atoms with E-state index < -0.39 is 0 Å². The molecule has 1 N–H and O–H groups in total. The zero-order valence-corrected chi connectivity index (χ0v) is 12.8. The van der Waals surface area contributed by atoms with Crippen LogP contribution in [0.1, 0.15) is 57.6 Å². The van der Waals surface area contributed by atoms with Crippen molar-refractivity contribution in [2.45, 2.75) is 65.5 Å². The van der Waals surface area contributed by atoms with Crippen LogP contribution >= 0.6 is 0 Å². The minimum atomic E-state index is 0.665. The van der Waals surface area contributed by atoms with E-state index in [2.05, 4.69) is 50.4 Å². The van der Waals surface area contributed by atoms with Crippen LogP contribution in [0.2, 0.25) is 0 Å². The third kappa shape index (κ3) is 4.65. The largest absolute Gasteiger partial charge is 0.310 e. The van der Waals surface area contributed by atoms with E-state index in [0.29, 0.717) is 6.04 Å². The summed E-state index contributed by atoms with van der Waals surface area (Å²) in [7, 11) is 0. The first-order chi connectivity index (χ1) is 9.15. The highest BCUT2D eigenvalue weighted by Gasteiger charge is 2.20. The van der Waals surface area contributed by atoms with Gasteiger partial charge in [-0.15, -0.1) is 0 Å². The summed E-state index contributed by atoms with van der Waals surface area (Å²) in [6.45, 7) is 7.92. The van der Waals surface area contributed by atoms with Crippen molar-refractivity contribution in [3.05, 3.63) is 35.4 Å². The fraction of sp³-hybridized carbons (Fsp3) is 0.667. The van der Waals surface area contributed by atoms with Crippen LogP contribution in [0.25, 0.3) is 0 Å². The van der Waals surface area contributed by atoms with Gasteiger partial charge < -0.3 is 5.32 Å². The van der Waals surface area contributed by atoms with Gasteiger partial charge >= 0.3 is 0 Å². The average Bonchev–Trinajstić information content (AvgIpc) is 2.91. The molecule has 0 radical (unpaired) electrons. The molecule has 19 heavy (non-hydrogen) atoms. The molecule has 1 aliphatic carbocycles. The van der Waals surface area contributed by atoms with Crippen molar-refractivity contribution < 1.29 is 0 Å². The minimum Gasteiger partial charge on any atom is -0.310 e. The Bertz CT molecular complexity index is 360. The zero-order chi connectivity index (χ0) is 13.7. The number of nitrogens with one attached hydrogen (secondary N) is 1. The van der Waals surface area contributed by atoms with E-state index in [-0.39, 0.29) is 0 Å². The fourth-order valence-corrected chi connectivity index (χ4v) is 3.17. The van der Waals surface area contributed by atoms with Crippen molar-refractivity contribution in [2.24, 2.45) is 11.8 Å². The second-order valence-electron chi connectivity index (χ2n) is 6.63. The molecule has 1 fully saturated rings. The standard InChI is InChI=1S/C18H29N/c1-14(2)12-16-8-10-17(11-9-16)13-19-15(3)18-6-4-5-7-18/h8-11,14-15,18-19H,4-7,12-13H2,1-3H3/t15-/m1/s1. The Morgan fingerprint density at radius 1 is 1.00 bits per heavy atom. The number of benzene rings is 1. The Labute approximate surface area is 118 Å². The van der Waals surface area contributed by atoms with Gasteiger partial charge in [-0.3, -0.25) is 0 Å². The molecule has 1 saturated carbocycles. The molecule has 1 atom stereocenters. The van der Waals surface area contributed by atoms with Crippen LogP contribution in [0.15, 0.2) is 24.3 Å². The average molecular weight is 259 g/mol. The molecule has 0 bridgehead atoms. The van der Waals surface area contributed by atoms with Gasteiger partial charge in [0, 0.05) is 12.6 Å². The molecular weight excluding hydrogens is 230 g/mol. The molecule has 1 aliphatic rings. The Morgan fingerprint density at radius 3 is 2.16 bits per heavy atom. The van der Waals surface area contributed by atoms with Crippen molar-refractivity contribution >= 4 is 0 Å². The zero-order valence-electron chi connectivity index (χ0n) is 12.8. The molecule has 0 unspecified atom stereocenters. The molecule has 0 heterocycles. The molecule has 0 spiro atoms. The van der Waals surface area contributed by atoms with Gasteiger partial charge in [0.1, 0.15) is 0 Å². The highest BCUT2D eigenvalue weighted by atomic mass is 14.9. The van der Waals surface area contributed by atoms with E-state index in [0.717, 1.165) is 18.4 Å². The number of rotatable bonds is 6. The van der Waals surface area contributed by atoms with Crippen LogP contribution in [0, 0.1) is 11.8 Å². The molecule has 0 aromatic heterocycles. The summed E-state index contributed by atoms with van der Waals surface area (Å²) in [5, 5.41) is 3.70. The molecule has 1 heteroatoms. The third-order valence-corrected chi connectivity index (χ3v) is 4.40. The Balaban J connectivity index is 1.79. The smallest absolute Gasteiger partial charge is 0.0208 e. The van der Waals surface area contributed by atoms with Crippen LogP contribution in [-0.2, 0) is 13.0 Å². The van der Waals surface area contributed by atoms with Gasteiger partial charge in [0.25, 0.3) is 0 Å². The quantitative estimate of drug-likeness (QED) is 0.790. The molecular formula is C18H29N. The topological polar surface area (TPSA) is 12.0 Å². The van der Waals surface area contributed by atoms with Crippen molar-refractivity contribution in [1.82, 2.24) is 5.32 Å². The van der Waals surface area contributed by atoms with Crippen molar-refractivity contribution in [2.75, 3.05) is 0 Å². The highest BCUT2D eigenvalue weighted by molar-refractivity contribution is 5.22. The summed E-state index contributed by atoms with van der Waals surface area (Å²) in [6, 6.07) is 9.81. The summed E-state index contributed by atoms with van der Waals surface area (Å²) >= 11 is 0. The minimum absolute atomic E-state index is 0.665.